The van der Waals surface area contributed by atoms with Gasteiger partial charge in [0.1, 0.15) is 12.4 Å². The number of aliphatic hydroxyl groups excluding tert-OH is 2. The van der Waals surface area contributed by atoms with Gasteiger partial charge in [0.15, 0.2) is 6.10 Å². The summed E-state index contributed by atoms with van der Waals surface area (Å²) >= 11 is 0. The van der Waals surface area contributed by atoms with E-state index in [0.717, 1.165) is 54.2 Å². The smallest absolute Gasteiger partial charge is 0.340 e. The van der Waals surface area contributed by atoms with Gasteiger partial charge in [-0.25, -0.2) is 14.2 Å². The van der Waals surface area contributed by atoms with Crippen molar-refractivity contribution < 1.29 is 28.9 Å². The van der Waals surface area contributed by atoms with E-state index in [1.807, 2.05) is 13.8 Å². The van der Waals surface area contributed by atoms with Crippen molar-refractivity contribution in [2.45, 2.75) is 72.1 Å². The molecule has 218 valence electrons. The lowest BCUT2D eigenvalue weighted by Gasteiger charge is -2.22. The number of carbonyl (C=O) groups excluding carboxylic acids is 2. The number of hydrogen-bond donors (Lipinski definition) is 3. The second-order valence-corrected chi connectivity index (χ2v) is 10.7. The van der Waals surface area contributed by atoms with Gasteiger partial charge in [-0.15, -0.1) is 0 Å². The average Bonchev–Trinajstić information content (AvgIpc) is 3.76. The number of rotatable bonds is 3. The summed E-state index contributed by atoms with van der Waals surface area (Å²) in [5.74, 6) is -0.754. The van der Waals surface area contributed by atoms with Crippen LogP contribution in [0.2, 0.25) is 0 Å². The van der Waals surface area contributed by atoms with Crippen LogP contribution in [-0.2, 0) is 40.3 Å². The van der Waals surface area contributed by atoms with Crippen molar-refractivity contribution in [2.24, 2.45) is 11.8 Å². The second-order valence-electron chi connectivity index (χ2n) is 10.7. The van der Waals surface area contributed by atoms with Gasteiger partial charge in [0.25, 0.3) is 5.56 Å². The minimum atomic E-state index is -1.48. The van der Waals surface area contributed by atoms with Gasteiger partial charge in [0.05, 0.1) is 41.5 Å². The van der Waals surface area contributed by atoms with Crippen molar-refractivity contribution in [3.05, 3.63) is 61.7 Å². The molecule has 2 aliphatic heterocycles. The Kier molecular flexibility index (Phi) is 7.98. The van der Waals surface area contributed by atoms with Crippen LogP contribution in [0.4, 0.5) is 4.39 Å². The van der Waals surface area contributed by atoms with Crippen LogP contribution >= 0.6 is 0 Å². The predicted octanol–water partition coefficient (Wildman–Crippen LogP) is 3.23. The number of amides is 1. The Labute approximate surface area is 237 Å². The third-order valence-corrected chi connectivity index (χ3v) is 8.51. The molecule has 7 rings (SSSR count). The first-order valence-corrected chi connectivity index (χ1v) is 14.3. The molecule has 2 atom stereocenters. The Bertz CT molecular complexity index is 1610. The number of aryl methyl sites for hydroxylation is 2. The first kappa shape index (κ1) is 28.9. The molecule has 1 saturated carbocycles. The van der Waals surface area contributed by atoms with Gasteiger partial charge in [-0.05, 0) is 67.7 Å². The lowest BCUT2D eigenvalue weighted by atomic mass is 9.85. The highest BCUT2D eigenvalue weighted by Gasteiger charge is 2.36. The van der Waals surface area contributed by atoms with Gasteiger partial charge in [-0.3, -0.25) is 9.59 Å². The maximum absolute atomic E-state index is 14.5. The van der Waals surface area contributed by atoms with Crippen LogP contribution in [-0.4, -0.2) is 45.3 Å². The molecule has 9 nitrogen and oxygen atoms in total. The number of nitrogens with zero attached hydrogens (tertiary/aromatic N) is 2. The van der Waals surface area contributed by atoms with Gasteiger partial charge in [0, 0.05) is 29.6 Å². The topological polar surface area (TPSA) is 131 Å². The zero-order valence-electron chi connectivity index (χ0n) is 23.8. The molecule has 3 aromatic rings. The number of ether oxygens (including phenoxy) is 1. The lowest BCUT2D eigenvalue weighted by molar-refractivity contribution is -0.157. The second kappa shape index (κ2) is 11.3. The van der Waals surface area contributed by atoms with E-state index in [0.29, 0.717) is 40.5 Å². The maximum Gasteiger partial charge on any atom is 0.340 e. The molecule has 3 N–H and O–H groups in total. The molecule has 1 aromatic carbocycles. The van der Waals surface area contributed by atoms with E-state index in [9.17, 15) is 23.9 Å². The van der Waals surface area contributed by atoms with Crippen LogP contribution in [0.1, 0.15) is 72.6 Å². The molecule has 4 aliphatic rings. The van der Waals surface area contributed by atoms with E-state index in [4.69, 9.17) is 14.8 Å². The zero-order valence-corrected chi connectivity index (χ0v) is 23.8. The summed E-state index contributed by atoms with van der Waals surface area (Å²) in [6.07, 6.45) is 3.31. The molecule has 0 bridgehead atoms. The molecule has 2 aliphatic carbocycles. The standard InChI is InChI=1S/C22H17FN2O4.C7H13NO2.C2H6/c1-9-10-3-2-4-11-13-7-25-17(19(13)24-16(18(10)11)6-15(9)23)5-12-14(21(25)27)8-29-22(28)20(12)26;1-8-7(10)6(4-9)5-2-3-5;1-2/h5-6,20,26H,2-4,7-8H2,1H3;5-6,9H,2-4H2,1H3,(H,8,10);1-2H3. The van der Waals surface area contributed by atoms with Gasteiger partial charge in [0.2, 0.25) is 5.91 Å². The Balaban J connectivity index is 0.000000239. The number of hydrogen-bond acceptors (Lipinski definition) is 7. The number of halogens is 1. The number of benzene rings is 1. The number of pyridine rings is 2. The van der Waals surface area contributed by atoms with Crippen molar-refractivity contribution in [1.29, 1.82) is 0 Å². The Morgan fingerprint density at radius 3 is 2.54 bits per heavy atom. The minimum Gasteiger partial charge on any atom is -0.458 e. The fourth-order valence-corrected chi connectivity index (χ4v) is 6.19. The molecule has 2 unspecified atom stereocenters. The number of esters is 1. The number of cyclic esters (lactones) is 1. The van der Waals surface area contributed by atoms with E-state index in [2.05, 4.69) is 5.32 Å². The summed E-state index contributed by atoms with van der Waals surface area (Å²) in [6.45, 7) is 6.04. The molecular weight excluding hydrogens is 529 g/mol. The molecule has 0 saturated heterocycles. The van der Waals surface area contributed by atoms with Crippen molar-refractivity contribution >= 4 is 22.8 Å². The first-order chi connectivity index (χ1) is 19.7. The summed E-state index contributed by atoms with van der Waals surface area (Å²) < 4.78 is 21.1. The summed E-state index contributed by atoms with van der Waals surface area (Å²) in [6, 6.07) is 3.13. The van der Waals surface area contributed by atoms with Crippen LogP contribution in [0.25, 0.3) is 22.3 Å². The molecule has 10 heteroatoms. The van der Waals surface area contributed by atoms with E-state index in [-0.39, 0.29) is 42.0 Å². The molecule has 1 amide bonds. The Hall–Kier alpha value is -3.63. The van der Waals surface area contributed by atoms with E-state index in [1.54, 1.807) is 24.6 Å². The van der Waals surface area contributed by atoms with Crippen LogP contribution < -0.4 is 10.9 Å². The van der Waals surface area contributed by atoms with Crippen LogP contribution in [0, 0.1) is 24.6 Å². The largest absolute Gasteiger partial charge is 0.458 e. The average molecular weight is 566 g/mol. The van der Waals surface area contributed by atoms with Crippen LogP contribution in [0.3, 0.4) is 0 Å². The third-order valence-electron chi connectivity index (χ3n) is 8.51. The molecular formula is C31H36FN3O6. The minimum absolute atomic E-state index is 0.00958. The fraction of sp³-hybridized carbons (Fsp3) is 0.484. The highest BCUT2D eigenvalue weighted by atomic mass is 19.1. The quantitative estimate of drug-likeness (QED) is 0.325. The van der Waals surface area contributed by atoms with Crippen molar-refractivity contribution in [1.82, 2.24) is 14.9 Å². The monoisotopic (exact) mass is 565 g/mol. The van der Waals surface area contributed by atoms with E-state index >= 15 is 0 Å². The Morgan fingerprint density at radius 2 is 1.88 bits per heavy atom. The summed E-state index contributed by atoms with van der Waals surface area (Å²) in [7, 11) is 1.60. The van der Waals surface area contributed by atoms with Crippen LogP contribution in [0.15, 0.2) is 16.9 Å². The van der Waals surface area contributed by atoms with E-state index < -0.39 is 12.1 Å². The number of carbonyl (C=O) groups is 2. The number of aromatic nitrogens is 2. The fourth-order valence-electron chi connectivity index (χ4n) is 6.19. The van der Waals surface area contributed by atoms with Crippen molar-refractivity contribution in [3.63, 3.8) is 0 Å². The van der Waals surface area contributed by atoms with Crippen molar-refractivity contribution in [3.8, 4) is 11.4 Å². The van der Waals surface area contributed by atoms with Gasteiger partial charge < -0.3 is 24.8 Å². The lowest BCUT2D eigenvalue weighted by Crippen LogP contribution is -2.32. The normalized spacial score (nSPS) is 18.5. The predicted molar refractivity (Wildman–Crippen MR) is 151 cm³/mol. The summed E-state index contributed by atoms with van der Waals surface area (Å²) in [5, 5.41) is 22.6. The molecule has 1 fully saturated rings. The van der Waals surface area contributed by atoms with Gasteiger partial charge in [-0.1, -0.05) is 13.8 Å². The number of fused-ring (bicyclic) bond motifs is 5. The van der Waals surface area contributed by atoms with Gasteiger partial charge >= 0.3 is 5.97 Å². The molecule has 41 heavy (non-hydrogen) atoms. The SMILES string of the molecule is CC.CNC(=O)C(CO)C1CC1.Cc1c(F)cc2nc3c(c4c2c1CCC4)Cn1c-3cc2c(c1=O)COC(=O)C2O. The zero-order chi connectivity index (χ0) is 29.6. The number of aliphatic hydroxyl groups is 2. The summed E-state index contributed by atoms with van der Waals surface area (Å²) in [5.41, 5.74) is 5.86. The maximum atomic E-state index is 14.5. The Morgan fingerprint density at radius 1 is 1.17 bits per heavy atom. The van der Waals surface area contributed by atoms with E-state index in [1.165, 1.54) is 6.07 Å². The molecule has 0 spiro atoms. The number of nitrogens with one attached hydrogen (secondary N) is 1. The molecule has 2 aromatic heterocycles. The third kappa shape index (κ3) is 4.82. The highest BCUT2D eigenvalue weighted by molar-refractivity contribution is 5.92. The van der Waals surface area contributed by atoms with Gasteiger partial charge in [-0.2, -0.15) is 0 Å². The molecule has 4 heterocycles. The summed E-state index contributed by atoms with van der Waals surface area (Å²) in [4.78, 5) is 40.5. The van der Waals surface area contributed by atoms with Crippen LogP contribution in [0.5, 0.6) is 0 Å². The first-order valence-electron chi connectivity index (χ1n) is 14.3. The van der Waals surface area contributed by atoms with Crippen molar-refractivity contribution in [2.75, 3.05) is 13.7 Å². The molecule has 0 radical (unpaired) electrons. The highest BCUT2D eigenvalue weighted by Crippen LogP contribution is 2.42.